The van der Waals surface area contributed by atoms with Gasteiger partial charge in [-0.2, -0.15) is 26.3 Å². The number of rotatable bonds is 7. The van der Waals surface area contributed by atoms with Crippen LogP contribution in [0, 0.1) is 17.8 Å². The molecule has 4 nitrogen and oxygen atoms in total. The molecule has 3 atom stereocenters. The molecule has 0 radical (unpaired) electrons. The zero-order valence-electron chi connectivity index (χ0n) is 22.3. The number of aryl methyl sites for hydroxylation is 1. The lowest BCUT2D eigenvalue weighted by molar-refractivity contribution is -0.142. The number of alkyl halides is 6. The van der Waals surface area contributed by atoms with Crippen molar-refractivity contribution in [2.75, 3.05) is 18.4 Å². The normalized spacial score (nSPS) is 22.3. The Bertz CT molecular complexity index is 1230. The Morgan fingerprint density at radius 3 is 2.27 bits per heavy atom. The molecule has 2 unspecified atom stereocenters. The van der Waals surface area contributed by atoms with Gasteiger partial charge in [-0.25, -0.2) is 0 Å². The smallest absolute Gasteiger partial charge is 0.416 e. The van der Waals surface area contributed by atoms with Crippen LogP contribution in [-0.4, -0.2) is 35.1 Å². The molecule has 2 aromatic carbocycles. The number of carboxylic acid groups (broad SMARTS) is 1. The van der Waals surface area contributed by atoms with Crippen LogP contribution in [0.2, 0.25) is 0 Å². The summed E-state index contributed by atoms with van der Waals surface area (Å²) >= 11 is 0. The van der Waals surface area contributed by atoms with E-state index in [1.165, 1.54) is 5.56 Å². The van der Waals surface area contributed by atoms with Gasteiger partial charge in [-0.1, -0.05) is 19.1 Å². The van der Waals surface area contributed by atoms with Crippen LogP contribution in [0.3, 0.4) is 0 Å². The van der Waals surface area contributed by atoms with E-state index in [4.69, 9.17) is 0 Å². The van der Waals surface area contributed by atoms with Crippen molar-refractivity contribution in [2.24, 2.45) is 17.8 Å². The largest absolute Gasteiger partial charge is 0.481 e. The molecule has 1 aliphatic carbocycles. The molecule has 0 aromatic heterocycles. The van der Waals surface area contributed by atoms with E-state index in [-0.39, 0.29) is 30.0 Å². The predicted molar refractivity (Wildman–Crippen MR) is 139 cm³/mol. The number of anilines is 1. The Morgan fingerprint density at radius 1 is 0.975 bits per heavy atom. The van der Waals surface area contributed by atoms with Gasteiger partial charge < -0.3 is 10.4 Å². The fourth-order valence-electron chi connectivity index (χ4n) is 6.60. The highest BCUT2D eigenvalue weighted by atomic mass is 19.4. The van der Waals surface area contributed by atoms with E-state index >= 15 is 0 Å². The van der Waals surface area contributed by atoms with E-state index in [1.807, 2.05) is 4.90 Å². The van der Waals surface area contributed by atoms with Gasteiger partial charge in [0.2, 0.25) is 0 Å². The van der Waals surface area contributed by atoms with Gasteiger partial charge in [0.05, 0.1) is 17.0 Å². The van der Waals surface area contributed by atoms with Crippen LogP contribution >= 0.6 is 0 Å². The summed E-state index contributed by atoms with van der Waals surface area (Å²) in [6.45, 7) is 2.60. The molecule has 2 aromatic rings. The Balaban J connectivity index is 1.24. The minimum Gasteiger partial charge on any atom is -0.481 e. The molecule has 1 saturated heterocycles. The molecule has 2 N–H and O–H groups in total. The fourth-order valence-corrected chi connectivity index (χ4v) is 6.60. The Kier molecular flexibility index (Phi) is 7.85. The maximum absolute atomic E-state index is 13.5. The van der Waals surface area contributed by atoms with Crippen molar-refractivity contribution < 1.29 is 36.2 Å². The molecule has 2 fully saturated rings. The Hall–Kier alpha value is -2.75. The van der Waals surface area contributed by atoms with Gasteiger partial charge in [-0.05, 0) is 110 Å². The summed E-state index contributed by atoms with van der Waals surface area (Å²) in [5, 5.41) is 13.3. The first-order valence-electron chi connectivity index (χ1n) is 13.9. The lowest BCUT2D eigenvalue weighted by Gasteiger charge is -2.39. The topological polar surface area (TPSA) is 52.6 Å². The quantitative estimate of drug-likeness (QED) is 0.338. The van der Waals surface area contributed by atoms with E-state index in [1.54, 1.807) is 6.92 Å². The third-order valence-corrected chi connectivity index (χ3v) is 8.98. The van der Waals surface area contributed by atoms with E-state index in [9.17, 15) is 36.2 Å². The number of carboxylic acids is 1. The second-order valence-corrected chi connectivity index (χ2v) is 11.7. The van der Waals surface area contributed by atoms with Crippen LogP contribution in [0.4, 0.5) is 32.0 Å². The van der Waals surface area contributed by atoms with Crippen LogP contribution in [0.15, 0.2) is 36.4 Å². The van der Waals surface area contributed by atoms with E-state index in [0.29, 0.717) is 37.2 Å². The number of halogens is 6. The molecule has 1 saturated carbocycles. The first-order valence-corrected chi connectivity index (χ1v) is 13.9. The number of likely N-dealkylation sites (tertiary alicyclic amines) is 1. The number of nitrogens with zero attached hydrogens (tertiary/aromatic N) is 1. The third-order valence-electron chi connectivity index (χ3n) is 8.98. The van der Waals surface area contributed by atoms with Crippen molar-refractivity contribution in [1.29, 1.82) is 0 Å². The second-order valence-electron chi connectivity index (χ2n) is 11.7. The minimum absolute atomic E-state index is 0.0225. The molecule has 2 heterocycles. The zero-order valence-corrected chi connectivity index (χ0v) is 22.3. The van der Waals surface area contributed by atoms with Gasteiger partial charge in [-0.15, -0.1) is 0 Å². The highest BCUT2D eigenvalue weighted by Gasteiger charge is 2.40. The van der Waals surface area contributed by atoms with Crippen molar-refractivity contribution in [2.45, 2.75) is 76.3 Å². The predicted octanol–water partition coefficient (Wildman–Crippen LogP) is 7.58. The summed E-state index contributed by atoms with van der Waals surface area (Å²) in [5.41, 5.74) is 0.819. The van der Waals surface area contributed by atoms with Gasteiger partial charge >= 0.3 is 18.3 Å². The fraction of sp³-hybridized carbons (Fsp3) is 0.567. The number of hydrogen-bond acceptors (Lipinski definition) is 3. The van der Waals surface area contributed by atoms with Crippen LogP contribution in [0.25, 0.3) is 0 Å². The molecule has 2 aliphatic heterocycles. The molecule has 5 rings (SSSR count). The van der Waals surface area contributed by atoms with Gasteiger partial charge in [0.15, 0.2) is 0 Å². The minimum atomic E-state index is -4.73. The van der Waals surface area contributed by atoms with Crippen LogP contribution in [0.5, 0.6) is 0 Å². The zero-order chi connectivity index (χ0) is 28.8. The van der Waals surface area contributed by atoms with Crippen molar-refractivity contribution >= 4 is 11.7 Å². The van der Waals surface area contributed by atoms with Crippen LogP contribution in [0.1, 0.15) is 72.8 Å². The second kappa shape index (κ2) is 10.9. The Labute approximate surface area is 229 Å². The molecule has 218 valence electrons. The van der Waals surface area contributed by atoms with Gasteiger partial charge in [0, 0.05) is 18.3 Å². The summed E-state index contributed by atoms with van der Waals surface area (Å²) in [5.74, 6) is -0.606. The van der Waals surface area contributed by atoms with E-state index in [2.05, 4.69) is 23.5 Å². The highest BCUT2D eigenvalue weighted by Crippen LogP contribution is 2.48. The van der Waals surface area contributed by atoms with E-state index in [0.717, 1.165) is 49.8 Å². The molecule has 10 heteroatoms. The number of nitrogens with one attached hydrogen (secondary N) is 1. The average Bonchev–Trinajstić information content (AvgIpc) is 3.73. The molecule has 0 amide bonds. The summed E-state index contributed by atoms with van der Waals surface area (Å²) in [6.07, 6.45) is -4.09. The lowest BCUT2D eigenvalue weighted by atomic mass is 9.80. The van der Waals surface area contributed by atoms with Gasteiger partial charge in [-0.3, -0.25) is 9.69 Å². The summed E-state index contributed by atoms with van der Waals surface area (Å²) < 4.78 is 80.2. The summed E-state index contributed by atoms with van der Waals surface area (Å²) in [6, 6.07) is 8.09. The highest BCUT2D eigenvalue weighted by molar-refractivity contribution is 5.71. The maximum Gasteiger partial charge on any atom is 0.416 e. The van der Waals surface area contributed by atoms with Crippen LogP contribution in [-0.2, 0) is 30.1 Å². The molecule has 40 heavy (non-hydrogen) atoms. The Morgan fingerprint density at radius 2 is 1.68 bits per heavy atom. The molecular formula is C30H34F6N2O2. The summed E-state index contributed by atoms with van der Waals surface area (Å²) in [4.78, 5) is 13.5. The summed E-state index contributed by atoms with van der Waals surface area (Å²) in [7, 11) is 0. The number of piperidine rings is 1. The van der Waals surface area contributed by atoms with Gasteiger partial charge in [0.1, 0.15) is 0 Å². The lowest BCUT2D eigenvalue weighted by Crippen LogP contribution is -2.41. The van der Waals surface area contributed by atoms with Crippen molar-refractivity contribution in [1.82, 2.24) is 4.90 Å². The first kappa shape index (κ1) is 28.8. The number of fused-ring (bicyclic) bond motifs is 1. The maximum atomic E-state index is 13.5. The van der Waals surface area contributed by atoms with Gasteiger partial charge in [0.25, 0.3) is 0 Å². The van der Waals surface area contributed by atoms with Crippen LogP contribution < -0.4 is 5.32 Å². The van der Waals surface area contributed by atoms with Crippen molar-refractivity contribution in [3.63, 3.8) is 0 Å². The molecule has 3 aliphatic rings. The molecule has 0 bridgehead atoms. The number of benzene rings is 2. The van der Waals surface area contributed by atoms with Crippen molar-refractivity contribution in [3.8, 4) is 0 Å². The number of hydrogen-bond donors (Lipinski definition) is 2. The van der Waals surface area contributed by atoms with E-state index < -0.39 is 35.4 Å². The standard InChI is InChI=1S/C30H34F6N2O2/c1-17(28(39)40)27(20-3-4-20)21-5-2-18-6-9-25(37-26(18)15-21)19-10-12-38(13-11-19)16-22-14-23(29(31,32)33)7-8-24(22)30(34,35)36/h2,5,7-8,14-15,17,19-20,25,27,37H,3-4,6,9-13,16H2,1H3,(H,39,40)/t17-,25?,27?/m0/s1. The number of aliphatic carboxylic acids is 1. The van der Waals surface area contributed by atoms with Crippen molar-refractivity contribution in [3.05, 3.63) is 64.2 Å². The SMILES string of the molecule is C[C@H](C(=O)O)C(c1ccc2c(c1)NC(C1CCN(Cc3cc(C(F)(F)F)ccc3C(F)(F)F)CC1)CC2)C1CC1. The first-order chi connectivity index (χ1) is 18.8. The third kappa shape index (κ3) is 6.26. The monoisotopic (exact) mass is 568 g/mol. The molecule has 0 spiro atoms. The average molecular weight is 569 g/mol. The number of carbonyl (C=O) groups is 1. The molecular weight excluding hydrogens is 534 g/mol.